The van der Waals surface area contributed by atoms with Gasteiger partial charge in [-0.3, -0.25) is 0 Å². The van der Waals surface area contributed by atoms with Gasteiger partial charge in [0, 0.05) is 0 Å². The number of hydrogen-bond donors (Lipinski definition) is 0. The minimum atomic E-state index is -1.40. The Morgan fingerprint density at radius 3 is 1.84 bits per heavy atom. The second kappa shape index (κ2) is 11.6. The van der Waals surface area contributed by atoms with Crippen molar-refractivity contribution in [3.05, 3.63) is 53.6 Å². The molecule has 0 N–H and O–H groups in total. The van der Waals surface area contributed by atoms with Gasteiger partial charge < -0.3 is 0 Å². The number of rotatable bonds is 6. The molecule has 3 aromatic rings. The molecule has 0 saturated carbocycles. The van der Waals surface area contributed by atoms with Crippen molar-refractivity contribution in [2.45, 2.75) is 78.8 Å². The third-order valence-corrected chi connectivity index (χ3v) is 10.2. The second-order valence-electron chi connectivity index (χ2n) is 11.2. The monoisotopic (exact) mass is 579 g/mol. The average molecular weight is 582 g/mol. The van der Waals surface area contributed by atoms with Gasteiger partial charge in [-0.05, 0) is 17.9 Å². The van der Waals surface area contributed by atoms with Crippen LogP contribution < -0.4 is 10.4 Å². The molecule has 5 heteroatoms. The van der Waals surface area contributed by atoms with Crippen molar-refractivity contribution in [1.29, 1.82) is 0 Å². The third-order valence-electron chi connectivity index (χ3n) is 6.14. The molecule has 0 amide bonds. The zero-order valence-corrected chi connectivity index (χ0v) is 27.3. The summed E-state index contributed by atoms with van der Waals surface area (Å²) in [6, 6.07) is 17.2. The van der Waals surface area contributed by atoms with Crippen molar-refractivity contribution in [3.8, 4) is 11.1 Å². The van der Waals surface area contributed by atoms with E-state index < -0.39 is 37.0 Å². The number of hydrogen-bond acceptors (Lipinski definition) is 0. The zero-order valence-electron chi connectivity index (χ0n) is 21.3. The van der Waals surface area contributed by atoms with Crippen molar-refractivity contribution >= 4 is 54.3 Å². The van der Waals surface area contributed by atoms with Crippen LogP contribution in [0.25, 0.3) is 21.9 Å². The van der Waals surface area contributed by atoms with E-state index in [2.05, 4.69) is 103 Å². The molecule has 0 aliphatic heterocycles. The number of aryl methyl sites for hydroxylation is 1. The third kappa shape index (κ3) is 6.98. The van der Waals surface area contributed by atoms with E-state index in [4.69, 9.17) is 17.0 Å². The average Bonchev–Trinajstić information content (AvgIpc) is 3.11. The maximum atomic E-state index is 4.93. The maximum absolute atomic E-state index is 4.93. The van der Waals surface area contributed by atoms with Crippen LogP contribution in [-0.2, 0) is 27.3 Å². The molecule has 0 bridgehead atoms. The standard InChI is InChI=1S/C27H39Si2.2ClH.Zr/c1-10-11-20-12-13-21-14-22(19(2)3)17-26(21)27(20)23-15-24(28(4,5)6)18-25(16-23)29(7,8)9;;;/h12-19H,10-11H2,1-9H3;2*1H;/q-1;;;+2/p-2. The number of benzene rings is 2. The predicted molar refractivity (Wildman–Crippen MR) is 151 cm³/mol. The van der Waals surface area contributed by atoms with E-state index in [1.54, 1.807) is 10.4 Å². The SMILES string of the molecule is CCCc1ccc2[cH-]c(C(C)C)cc2c1-c1cc([Si](C)(C)C)cc([Si](C)(C)C)c1.[Cl][Zr][Cl]. The summed E-state index contributed by atoms with van der Waals surface area (Å²) in [5, 5.41) is 6.05. The molecule has 0 nitrogen and oxygen atoms in total. The van der Waals surface area contributed by atoms with Gasteiger partial charge in [-0.25, -0.2) is 0 Å². The van der Waals surface area contributed by atoms with Crippen LogP contribution in [0.15, 0.2) is 42.5 Å². The molecule has 0 saturated heterocycles. The molecule has 32 heavy (non-hydrogen) atoms. The van der Waals surface area contributed by atoms with Crippen LogP contribution in [0.1, 0.15) is 44.2 Å². The van der Waals surface area contributed by atoms with E-state index in [0.717, 1.165) is 6.42 Å². The first-order valence-electron chi connectivity index (χ1n) is 11.7. The quantitative estimate of drug-likeness (QED) is 0.202. The number of halogens is 2. The normalized spacial score (nSPS) is 12.1. The van der Waals surface area contributed by atoms with Crippen molar-refractivity contribution in [3.63, 3.8) is 0 Å². The summed E-state index contributed by atoms with van der Waals surface area (Å²) in [7, 11) is 7.06. The molecule has 0 spiro atoms. The van der Waals surface area contributed by atoms with E-state index in [1.165, 1.54) is 39.4 Å². The van der Waals surface area contributed by atoms with Gasteiger partial charge in [0.25, 0.3) is 0 Å². The molecule has 174 valence electrons. The summed E-state index contributed by atoms with van der Waals surface area (Å²) in [6.45, 7) is 21.8. The van der Waals surface area contributed by atoms with E-state index in [-0.39, 0.29) is 0 Å². The Labute approximate surface area is 217 Å². The summed E-state index contributed by atoms with van der Waals surface area (Å²) < 4.78 is 0. The Kier molecular flexibility index (Phi) is 10.2. The van der Waals surface area contributed by atoms with Gasteiger partial charge in [0.05, 0.1) is 16.1 Å². The summed E-state index contributed by atoms with van der Waals surface area (Å²) in [5.41, 5.74) is 5.92. The molecule has 0 heterocycles. The van der Waals surface area contributed by atoms with Crippen molar-refractivity contribution in [2.75, 3.05) is 0 Å². The zero-order chi connectivity index (χ0) is 24.3. The molecule has 0 aliphatic rings. The molecule has 0 aromatic heterocycles. The van der Waals surface area contributed by atoms with Crippen LogP contribution in [0.2, 0.25) is 39.3 Å². The molecule has 0 atom stereocenters. The van der Waals surface area contributed by atoms with E-state index in [0.29, 0.717) is 5.92 Å². The van der Waals surface area contributed by atoms with Crippen molar-refractivity contribution in [2.24, 2.45) is 0 Å². The molecule has 3 aromatic carbocycles. The Bertz CT molecular complexity index is 1010. The van der Waals surface area contributed by atoms with Crippen molar-refractivity contribution < 1.29 is 20.8 Å². The molecular formula is C27H39Cl2Si2Zr-. The molecule has 0 fully saturated rings. The summed E-state index contributed by atoms with van der Waals surface area (Å²) >= 11 is -0.826. The first kappa shape index (κ1) is 28.2. The second-order valence-corrected chi connectivity index (χ2v) is 25.1. The van der Waals surface area contributed by atoms with Gasteiger partial charge in [0.2, 0.25) is 0 Å². The van der Waals surface area contributed by atoms with Crippen molar-refractivity contribution in [1.82, 2.24) is 0 Å². The van der Waals surface area contributed by atoms with Crippen LogP contribution in [0.3, 0.4) is 0 Å². The Hall–Kier alpha value is -0.0531. The fourth-order valence-electron chi connectivity index (χ4n) is 4.14. The topological polar surface area (TPSA) is 0 Å². The summed E-state index contributed by atoms with van der Waals surface area (Å²) in [6.07, 6.45) is 2.33. The summed E-state index contributed by atoms with van der Waals surface area (Å²) in [4.78, 5) is 0. The van der Waals surface area contributed by atoms with Gasteiger partial charge in [-0.2, -0.15) is 6.07 Å². The minimum absolute atomic E-state index is 0.565. The van der Waals surface area contributed by atoms with Gasteiger partial charge in [-0.15, -0.1) is 34.5 Å². The van der Waals surface area contributed by atoms with Crippen LogP contribution in [0, 0.1) is 0 Å². The number of fused-ring (bicyclic) bond motifs is 1. The van der Waals surface area contributed by atoms with Crippen LogP contribution in [-0.4, -0.2) is 16.1 Å². The Morgan fingerprint density at radius 2 is 1.41 bits per heavy atom. The van der Waals surface area contributed by atoms with Gasteiger partial charge >= 0.3 is 37.9 Å². The Morgan fingerprint density at radius 1 is 0.875 bits per heavy atom. The first-order valence-corrected chi connectivity index (χ1v) is 25.0. The van der Waals surface area contributed by atoms with Crippen LogP contribution in [0.5, 0.6) is 0 Å². The predicted octanol–water partition coefficient (Wildman–Crippen LogP) is 8.77. The molecule has 0 radical (unpaired) electrons. The Balaban J connectivity index is 0.00000114. The van der Waals surface area contributed by atoms with E-state index in [9.17, 15) is 0 Å². The van der Waals surface area contributed by atoms with E-state index >= 15 is 0 Å². The first-order chi connectivity index (χ1) is 14.8. The molecule has 3 rings (SSSR count). The molecular weight excluding hydrogens is 543 g/mol. The van der Waals surface area contributed by atoms with Crippen LogP contribution in [0.4, 0.5) is 0 Å². The molecule has 0 aliphatic carbocycles. The summed E-state index contributed by atoms with van der Waals surface area (Å²) in [5.74, 6) is 0.565. The van der Waals surface area contributed by atoms with Crippen LogP contribution >= 0.6 is 17.0 Å². The fourth-order valence-corrected chi connectivity index (χ4v) is 6.64. The van der Waals surface area contributed by atoms with Gasteiger partial charge in [0.15, 0.2) is 0 Å². The van der Waals surface area contributed by atoms with Gasteiger partial charge in [0.1, 0.15) is 0 Å². The van der Waals surface area contributed by atoms with Gasteiger partial charge in [-0.1, -0.05) is 106 Å². The fraction of sp³-hybridized carbons (Fsp3) is 0.444. The van der Waals surface area contributed by atoms with E-state index in [1.807, 2.05) is 0 Å². The molecule has 0 unspecified atom stereocenters.